The fraction of sp³-hybridized carbons (Fsp3) is 0.545. The molecule has 24 heavy (non-hydrogen) atoms. The molecule has 1 aromatic carbocycles. The van der Waals surface area contributed by atoms with Gasteiger partial charge >= 0.3 is 0 Å². The van der Waals surface area contributed by atoms with Crippen molar-refractivity contribution >= 4 is 0 Å². The van der Waals surface area contributed by atoms with Gasteiger partial charge < -0.3 is 9.47 Å². The van der Waals surface area contributed by atoms with E-state index in [4.69, 9.17) is 9.47 Å². The molecule has 2 unspecified atom stereocenters. The quantitative estimate of drug-likeness (QED) is 0.426. The number of hydrogen-bond donors (Lipinski definition) is 0. The van der Waals surface area contributed by atoms with Gasteiger partial charge in [0.25, 0.3) is 0 Å². The summed E-state index contributed by atoms with van der Waals surface area (Å²) in [5.74, 6) is 2.98. The zero-order valence-corrected chi connectivity index (χ0v) is 15.7. The second kappa shape index (κ2) is 8.41. The fourth-order valence-corrected chi connectivity index (χ4v) is 3.88. The molecule has 1 aliphatic rings. The van der Waals surface area contributed by atoms with Crippen LogP contribution >= 0.6 is 0 Å². The van der Waals surface area contributed by atoms with Crippen molar-refractivity contribution in [1.29, 1.82) is 0 Å². The predicted octanol–water partition coefficient (Wildman–Crippen LogP) is 6.39. The molecular formula is C22H32O2. The van der Waals surface area contributed by atoms with E-state index in [1.54, 1.807) is 7.11 Å². The second-order valence-corrected chi connectivity index (χ2v) is 7.52. The number of benzene rings is 1. The molecule has 1 fully saturated rings. The van der Waals surface area contributed by atoms with Gasteiger partial charge in [-0.3, -0.25) is 0 Å². The third kappa shape index (κ3) is 4.43. The van der Waals surface area contributed by atoms with Crippen molar-refractivity contribution in [3.63, 3.8) is 0 Å². The lowest BCUT2D eigenvalue weighted by atomic mass is 9.63. The molecule has 1 aliphatic carbocycles. The van der Waals surface area contributed by atoms with Crippen LogP contribution in [0.1, 0.15) is 52.9 Å². The minimum absolute atomic E-state index is 0.392. The van der Waals surface area contributed by atoms with E-state index in [9.17, 15) is 0 Å². The van der Waals surface area contributed by atoms with E-state index in [-0.39, 0.29) is 0 Å². The van der Waals surface area contributed by atoms with Gasteiger partial charge in [-0.25, -0.2) is 0 Å². The first-order valence-corrected chi connectivity index (χ1v) is 9.10. The summed E-state index contributed by atoms with van der Waals surface area (Å²) in [4.78, 5) is 0. The first-order valence-electron chi connectivity index (χ1n) is 9.10. The van der Waals surface area contributed by atoms with Crippen LogP contribution < -0.4 is 9.47 Å². The molecule has 2 heteroatoms. The number of hydrogen-bond acceptors (Lipinski definition) is 2. The van der Waals surface area contributed by atoms with Crippen LogP contribution in [0, 0.1) is 17.3 Å². The highest BCUT2D eigenvalue weighted by atomic mass is 16.5. The van der Waals surface area contributed by atoms with Gasteiger partial charge in [0.2, 0.25) is 0 Å². The van der Waals surface area contributed by atoms with Gasteiger partial charge in [0, 0.05) is 0 Å². The van der Waals surface area contributed by atoms with Crippen LogP contribution in [-0.2, 0) is 0 Å². The highest BCUT2D eigenvalue weighted by Crippen LogP contribution is 2.47. The van der Waals surface area contributed by atoms with E-state index < -0.39 is 0 Å². The van der Waals surface area contributed by atoms with Crippen LogP contribution in [0.15, 0.2) is 48.8 Å². The molecule has 0 N–H and O–H groups in total. The maximum atomic E-state index is 5.93. The second-order valence-electron chi connectivity index (χ2n) is 7.52. The van der Waals surface area contributed by atoms with Gasteiger partial charge in [-0.05, 0) is 60.6 Å². The van der Waals surface area contributed by atoms with Gasteiger partial charge in [-0.1, -0.05) is 45.4 Å². The molecule has 0 heterocycles. The zero-order valence-electron chi connectivity index (χ0n) is 15.7. The predicted molar refractivity (Wildman–Crippen MR) is 101 cm³/mol. The maximum Gasteiger partial charge on any atom is 0.168 e. The largest absolute Gasteiger partial charge is 0.493 e. The molecule has 2 rings (SSSR count). The Morgan fingerprint density at radius 1 is 1.25 bits per heavy atom. The molecule has 1 saturated carbocycles. The normalized spacial score (nSPS) is 23.1. The SMILES string of the molecule is C=CCC1C/C(=C\Oc2ccccc2OC)CCC1C(C)(C)CC. The third-order valence-corrected chi connectivity index (χ3v) is 5.68. The number of para-hydroxylation sites is 2. The van der Waals surface area contributed by atoms with Crippen molar-refractivity contribution in [2.45, 2.75) is 52.9 Å². The summed E-state index contributed by atoms with van der Waals surface area (Å²) < 4.78 is 11.3. The Kier molecular flexibility index (Phi) is 6.53. The third-order valence-electron chi connectivity index (χ3n) is 5.68. The minimum atomic E-state index is 0.392. The summed E-state index contributed by atoms with van der Waals surface area (Å²) in [7, 11) is 1.67. The minimum Gasteiger partial charge on any atom is -0.493 e. The van der Waals surface area contributed by atoms with Crippen LogP contribution in [0.25, 0.3) is 0 Å². The van der Waals surface area contributed by atoms with Crippen molar-refractivity contribution in [1.82, 2.24) is 0 Å². The Balaban J connectivity index is 2.09. The van der Waals surface area contributed by atoms with Crippen LogP contribution in [0.5, 0.6) is 11.5 Å². The van der Waals surface area contributed by atoms with Crippen molar-refractivity contribution in [2.24, 2.45) is 17.3 Å². The van der Waals surface area contributed by atoms with Crippen LogP contribution in [0.2, 0.25) is 0 Å². The van der Waals surface area contributed by atoms with Gasteiger partial charge in [0.15, 0.2) is 11.5 Å². The van der Waals surface area contributed by atoms with Crippen LogP contribution in [0.4, 0.5) is 0 Å². The Bertz CT molecular complexity index is 571. The summed E-state index contributed by atoms with van der Waals surface area (Å²) in [5, 5.41) is 0. The lowest BCUT2D eigenvalue weighted by molar-refractivity contribution is 0.105. The number of ether oxygens (including phenoxy) is 2. The van der Waals surface area contributed by atoms with Crippen molar-refractivity contribution in [3.05, 3.63) is 48.8 Å². The topological polar surface area (TPSA) is 18.5 Å². The molecular weight excluding hydrogens is 296 g/mol. The Hall–Kier alpha value is -1.70. The molecule has 2 nitrogen and oxygen atoms in total. The van der Waals surface area contributed by atoms with E-state index >= 15 is 0 Å². The van der Waals surface area contributed by atoms with Gasteiger partial charge in [-0.2, -0.15) is 0 Å². The molecule has 0 aromatic heterocycles. The summed E-state index contributed by atoms with van der Waals surface area (Å²) in [6.07, 6.45) is 9.80. The smallest absolute Gasteiger partial charge is 0.168 e. The summed E-state index contributed by atoms with van der Waals surface area (Å²) >= 11 is 0. The molecule has 0 bridgehead atoms. The summed E-state index contributed by atoms with van der Waals surface area (Å²) in [6, 6.07) is 7.80. The number of methoxy groups -OCH3 is 1. The fourth-order valence-electron chi connectivity index (χ4n) is 3.88. The first kappa shape index (κ1) is 18.6. The van der Waals surface area contributed by atoms with Crippen molar-refractivity contribution in [2.75, 3.05) is 7.11 Å². The summed E-state index contributed by atoms with van der Waals surface area (Å²) in [5.41, 5.74) is 1.79. The van der Waals surface area contributed by atoms with E-state index in [0.29, 0.717) is 11.3 Å². The summed E-state index contributed by atoms with van der Waals surface area (Å²) in [6.45, 7) is 11.1. The van der Waals surface area contributed by atoms with Crippen molar-refractivity contribution < 1.29 is 9.47 Å². The van der Waals surface area contributed by atoms with E-state index in [2.05, 4.69) is 33.4 Å². The van der Waals surface area contributed by atoms with E-state index in [1.807, 2.05) is 30.5 Å². The molecule has 0 saturated heterocycles. The molecule has 132 valence electrons. The zero-order chi connectivity index (χ0) is 17.6. The highest BCUT2D eigenvalue weighted by Gasteiger charge is 2.36. The monoisotopic (exact) mass is 328 g/mol. The van der Waals surface area contributed by atoms with Gasteiger partial charge in [0.1, 0.15) is 0 Å². The Labute approximate surface area is 147 Å². The lowest BCUT2D eigenvalue weighted by Crippen LogP contribution is -2.33. The Morgan fingerprint density at radius 2 is 1.96 bits per heavy atom. The molecule has 0 radical (unpaired) electrons. The Morgan fingerprint density at radius 3 is 2.58 bits per heavy atom. The van der Waals surface area contributed by atoms with Gasteiger partial charge in [-0.15, -0.1) is 6.58 Å². The molecule has 0 spiro atoms. The van der Waals surface area contributed by atoms with E-state index in [1.165, 1.54) is 18.4 Å². The average Bonchev–Trinajstić information content (AvgIpc) is 2.60. The van der Waals surface area contributed by atoms with Gasteiger partial charge in [0.05, 0.1) is 13.4 Å². The molecule has 0 aliphatic heterocycles. The molecule has 0 amide bonds. The van der Waals surface area contributed by atoms with E-state index in [0.717, 1.165) is 36.7 Å². The average molecular weight is 328 g/mol. The first-order chi connectivity index (χ1) is 11.5. The van der Waals surface area contributed by atoms with Crippen LogP contribution in [-0.4, -0.2) is 7.11 Å². The molecule has 2 atom stereocenters. The maximum absolute atomic E-state index is 5.93. The number of allylic oxidation sites excluding steroid dienone is 2. The van der Waals surface area contributed by atoms with Crippen LogP contribution in [0.3, 0.4) is 0 Å². The standard InChI is InChI=1S/C22H32O2/c1-6-10-18-15-17(13-14-19(18)22(3,4)7-2)16-24-21-12-9-8-11-20(21)23-5/h6,8-9,11-12,16,18-19H,1,7,10,13-15H2,2-5H3/b17-16-. The molecule has 1 aromatic rings. The van der Waals surface area contributed by atoms with Crippen molar-refractivity contribution in [3.8, 4) is 11.5 Å². The number of rotatable bonds is 7. The lowest BCUT2D eigenvalue weighted by Gasteiger charge is -2.42. The highest BCUT2D eigenvalue weighted by molar-refractivity contribution is 5.40.